The molecule has 1 fully saturated rings. The first-order chi connectivity index (χ1) is 4.13. The van der Waals surface area contributed by atoms with Gasteiger partial charge in [-0.05, 0) is 0 Å². The van der Waals surface area contributed by atoms with E-state index < -0.39 is 0 Å². The Morgan fingerprint density at radius 2 is 2.11 bits per heavy atom. The van der Waals surface area contributed by atoms with Gasteiger partial charge in [-0.1, -0.05) is 6.58 Å². The van der Waals surface area contributed by atoms with Gasteiger partial charge in [0.05, 0.1) is 0 Å². The molecule has 0 atom stereocenters. The van der Waals surface area contributed by atoms with Crippen LogP contribution in [0.15, 0.2) is 12.4 Å². The molecule has 0 bridgehead atoms. The fraction of sp³-hybridized carbons (Fsp3) is 0.400. The zero-order valence-corrected chi connectivity index (χ0v) is 5.51. The van der Waals surface area contributed by atoms with E-state index >= 15 is 0 Å². The lowest BCUT2D eigenvalue weighted by molar-refractivity contribution is 0.226. The SMILES string of the molecule is C=C1N(C)NC(=O)N1C. The smallest absolute Gasteiger partial charge is 0.281 e. The lowest BCUT2D eigenvalue weighted by atomic mass is 10.7. The molecular weight excluding hydrogens is 118 g/mol. The second-order valence-electron chi connectivity index (χ2n) is 1.95. The summed E-state index contributed by atoms with van der Waals surface area (Å²) >= 11 is 0. The summed E-state index contributed by atoms with van der Waals surface area (Å²) in [6.45, 7) is 3.64. The number of urea groups is 1. The van der Waals surface area contributed by atoms with Crippen LogP contribution in [-0.2, 0) is 0 Å². The van der Waals surface area contributed by atoms with E-state index in [0.29, 0.717) is 5.82 Å². The van der Waals surface area contributed by atoms with Crippen molar-refractivity contribution in [3.63, 3.8) is 0 Å². The summed E-state index contributed by atoms with van der Waals surface area (Å²) in [6, 6.07) is -0.137. The molecule has 0 unspecified atom stereocenters. The van der Waals surface area contributed by atoms with Gasteiger partial charge in [0.2, 0.25) is 0 Å². The highest BCUT2D eigenvalue weighted by atomic mass is 16.2. The van der Waals surface area contributed by atoms with E-state index in [1.807, 2.05) is 0 Å². The minimum Gasteiger partial charge on any atom is -0.281 e. The largest absolute Gasteiger partial charge is 0.341 e. The van der Waals surface area contributed by atoms with Crippen molar-refractivity contribution < 1.29 is 4.79 Å². The molecule has 1 aliphatic heterocycles. The Hall–Kier alpha value is -1.19. The van der Waals surface area contributed by atoms with Crippen LogP contribution in [0, 0.1) is 0 Å². The molecule has 0 spiro atoms. The molecule has 1 saturated heterocycles. The Labute approximate surface area is 53.7 Å². The highest BCUT2D eigenvalue weighted by molar-refractivity contribution is 5.77. The Morgan fingerprint density at radius 3 is 2.22 bits per heavy atom. The molecule has 1 rings (SSSR count). The molecule has 2 amide bonds. The second-order valence-corrected chi connectivity index (χ2v) is 1.95. The van der Waals surface area contributed by atoms with E-state index in [2.05, 4.69) is 12.0 Å². The number of carbonyl (C=O) groups excluding carboxylic acids is 1. The third kappa shape index (κ3) is 0.718. The summed E-state index contributed by atoms with van der Waals surface area (Å²) in [6.07, 6.45) is 0. The van der Waals surface area contributed by atoms with Crippen LogP contribution < -0.4 is 5.43 Å². The Morgan fingerprint density at radius 1 is 1.56 bits per heavy atom. The number of hydrogen-bond donors (Lipinski definition) is 1. The lowest BCUT2D eigenvalue weighted by Crippen LogP contribution is -2.28. The number of rotatable bonds is 0. The normalized spacial score (nSPS) is 18.9. The van der Waals surface area contributed by atoms with Gasteiger partial charge < -0.3 is 0 Å². The van der Waals surface area contributed by atoms with Gasteiger partial charge in [-0.15, -0.1) is 0 Å². The van der Waals surface area contributed by atoms with E-state index in [4.69, 9.17) is 0 Å². The van der Waals surface area contributed by atoms with Gasteiger partial charge >= 0.3 is 6.03 Å². The van der Waals surface area contributed by atoms with Gasteiger partial charge in [-0.3, -0.25) is 9.91 Å². The molecule has 50 valence electrons. The maximum absolute atomic E-state index is 10.7. The summed E-state index contributed by atoms with van der Waals surface area (Å²) in [5, 5.41) is 1.57. The summed E-state index contributed by atoms with van der Waals surface area (Å²) < 4.78 is 0. The van der Waals surface area contributed by atoms with Crippen LogP contribution in [-0.4, -0.2) is 30.0 Å². The number of hydrogen-bond acceptors (Lipinski definition) is 2. The lowest BCUT2D eigenvalue weighted by Gasteiger charge is -2.10. The highest BCUT2D eigenvalue weighted by Crippen LogP contribution is 2.07. The van der Waals surface area contributed by atoms with Gasteiger partial charge in [-0.2, -0.15) is 0 Å². The van der Waals surface area contributed by atoms with Gasteiger partial charge in [0.25, 0.3) is 0 Å². The van der Waals surface area contributed by atoms with Crippen molar-refractivity contribution in [2.45, 2.75) is 0 Å². The molecule has 4 nitrogen and oxygen atoms in total. The maximum atomic E-state index is 10.7. The molecule has 9 heavy (non-hydrogen) atoms. The Kier molecular flexibility index (Phi) is 1.09. The third-order valence-corrected chi connectivity index (χ3v) is 1.34. The number of nitrogens with one attached hydrogen (secondary N) is 1. The van der Waals surface area contributed by atoms with Crippen LogP contribution in [0.25, 0.3) is 0 Å². The molecule has 1 heterocycles. The molecule has 1 N–H and O–H groups in total. The number of carbonyl (C=O) groups is 1. The number of hydrazine groups is 1. The predicted octanol–water partition coefficient (Wildman–Crippen LogP) is -0.0406. The second kappa shape index (κ2) is 1.65. The van der Waals surface area contributed by atoms with Crippen molar-refractivity contribution in [2.75, 3.05) is 14.1 Å². The van der Waals surface area contributed by atoms with E-state index in [9.17, 15) is 4.79 Å². The van der Waals surface area contributed by atoms with E-state index in [-0.39, 0.29) is 6.03 Å². The molecule has 0 saturated carbocycles. The van der Waals surface area contributed by atoms with Crippen molar-refractivity contribution >= 4 is 6.03 Å². The van der Waals surface area contributed by atoms with E-state index in [0.717, 1.165) is 0 Å². The zero-order chi connectivity index (χ0) is 7.02. The third-order valence-electron chi connectivity index (χ3n) is 1.34. The van der Waals surface area contributed by atoms with Crippen LogP contribution >= 0.6 is 0 Å². The molecule has 0 aromatic rings. The first-order valence-electron chi connectivity index (χ1n) is 2.60. The molecular formula is C5H9N3O. The molecule has 0 radical (unpaired) electrons. The summed E-state index contributed by atoms with van der Waals surface area (Å²) in [5.74, 6) is 0.667. The molecule has 0 aromatic heterocycles. The monoisotopic (exact) mass is 127 g/mol. The van der Waals surface area contributed by atoms with E-state index in [1.165, 1.54) is 4.90 Å². The van der Waals surface area contributed by atoms with Crippen molar-refractivity contribution in [2.24, 2.45) is 0 Å². The van der Waals surface area contributed by atoms with Gasteiger partial charge in [0.1, 0.15) is 5.82 Å². The fourth-order valence-electron chi connectivity index (χ4n) is 0.625. The summed E-state index contributed by atoms with van der Waals surface area (Å²) in [5.41, 5.74) is 2.54. The van der Waals surface area contributed by atoms with Crippen LogP contribution in [0.1, 0.15) is 0 Å². The van der Waals surface area contributed by atoms with Crippen molar-refractivity contribution in [3.8, 4) is 0 Å². The van der Waals surface area contributed by atoms with Gasteiger partial charge in [0.15, 0.2) is 0 Å². The molecule has 4 heteroatoms. The number of nitrogens with zero attached hydrogens (tertiary/aromatic N) is 2. The summed E-state index contributed by atoms with van der Waals surface area (Å²) in [4.78, 5) is 12.2. The van der Waals surface area contributed by atoms with Crippen LogP contribution in [0.4, 0.5) is 4.79 Å². The molecule has 0 aliphatic carbocycles. The quantitative estimate of drug-likeness (QED) is 0.495. The standard InChI is InChI=1S/C5H9N3O/c1-4-7(2)5(9)6-8(4)3/h1H2,2-3H3,(H,6,9). The van der Waals surface area contributed by atoms with Crippen LogP contribution in [0.3, 0.4) is 0 Å². The van der Waals surface area contributed by atoms with Crippen molar-refractivity contribution in [1.29, 1.82) is 0 Å². The maximum Gasteiger partial charge on any atom is 0.341 e. The topological polar surface area (TPSA) is 35.6 Å². The van der Waals surface area contributed by atoms with Gasteiger partial charge in [-0.25, -0.2) is 10.2 Å². The predicted molar refractivity (Wildman–Crippen MR) is 33.2 cm³/mol. The minimum atomic E-state index is -0.137. The zero-order valence-electron chi connectivity index (χ0n) is 5.51. The molecule has 1 aliphatic rings. The Bertz CT molecular complexity index is 166. The first-order valence-corrected chi connectivity index (χ1v) is 2.60. The number of amides is 2. The van der Waals surface area contributed by atoms with Crippen LogP contribution in [0.5, 0.6) is 0 Å². The van der Waals surface area contributed by atoms with Gasteiger partial charge in [0, 0.05) is 14.1 Å². The average Bonchev–Trinajstić information content (AvgIpc) is 1.98. The summed E-state index contributed by atoms with van der Waals surface area (Å²) in [7, 11) is 3.41. The Balaban J connectivity index is 2.77. The minimum absolute atomic E-state index is 0.137. The highest BCUT2D eigenvalue weighted by Gasteiger charge is 2.23. The molecule has 0 aromatic carbocycles. The fourth-order valence-corrected chi connectivity index (χ4v) is 0.625. The average molecular weight is 127 g/mol. The van der Waals surface area contributed by atoms with Crippen molar-refractivity contribution in [3.05, 3.63) is 12.4 Å². The first kappa shape index (κ1) is 5.94. The van der Waals surface area contributed by atoms with Crippen LogP contribution in [0.2, 0.25) is 0 Å². The van der Waals surface area contributed by atoms with E-state index in [1.54, 1.807) is 19.1 Å². The van der Waals surface area contributed by atoms with Crippen molar-refractivity contribution in [1.82, 2.24) is 15.3 Å².